The standard InChI is InChI=1S/C25H28ClNO5S/c26-20-14-22(33-23(20)16-3-4-16)24(29)27-13-1-2-21(28)15-5-9-18(10-6-15)32-19-11-7-17(8-12-19)25(30)31/h5-6,9-10,14,16-17,19H,1-4,7-8,11-13H2,(H,27,29)(H,30,31). The molecule has 2 fully saturated rings. The lowest BCUT2D eigenvalue weighted by Crippen LogP contribution is -2.27. The number of rotatable bonds is 10. The lowest BCUT2D eigenvalue weighted by atomic mass is 9.87. The summed E-state index contributed by atoms with van der Waals surface area (Å²) in [4.78, 5) is 37.6. The normalized spacial score (nSPS) is 20.3. The van der Waals surface area contributed by atoms with E-state index in [2.05, 4.69) is 5.32 Å². The minimum Gasteiger partial charge on any atom is -0.490 e. The van der Waals surface area contributed by atoms with Gasteiger partial charge in [-0.1, -0.05) is 11.6 Å². The minimum atomic E-state index is -0.727. The molecule has 1 aromatic carbocycles. The minimum absolute atomic E-state index is 0.0179. The van der Waals surface area contributed by atoms with Gasteiger partial charge in [0, 0.05) is 23.4 Å². The van der Waals surface area contributed by atoms with Crippen LogP contribution < -0.4 is 10.1 Å². The Kier molecular flexibility index (Phi) is 7.71. The second-order valence-corrected chi connectivity index (χ2v) is 10.3. The monoisotopic (exact) mass is 489 g/mol. The van der Waals surface area contributed by atoms with E-state index in [-0.39, 0.29) is 23.7 Å². The Balaban J connectivity index is 1.17. The third-order valence-electron chi connectivity index (χ3n) is 6.25. The molecule has 2 N–H and O–H groups in total. The highest BCUT2D eigenvalue weighted by Gasteiger charge is 2.29. The van der Waals surface area contributed by atoms with Gasteiger partial charge in [-0.3, -0.25) is 14.4 Å². The van der Waals surface area contributed by atoms with E-state index in [1.165, 1.54) is 11.3 Å². The molecular weight excluding hydrogens is 462 g/mol. The number of ether oxygens (including phenoxy) is 1. The molecule has 1 aromatic heterocycles. The van der Waals surface area contributed by atoms with Crippen molar-refractivity contribution in [1.29, 1.82) is 0 Å². The third-order valence-corrected chi connectivity index (χ3v) is 7.97. The first-order valence-electron chi connectivity index (χ1n) is 11.5. The van der Waals surface area contributed by atoms with Crippen LogP contribution in [0.1, 0.15) is 82.2 Å². The zero-order valence-corrected chi connectivity index (χ0v) is 19.9. The zero-order valence-electron chi connectivity index (χ0n) is 18.3. The number of aliphatic carboxylic acids is 1. The summed E-state index contributed by atoms with van der Waals surface area (Å²) < 4.78 is 5.95. The first-order chi connectivity index (χ1) is 15.9. The maximum atomic E-state index is 12.5. The van der Waals surface area contributed by atoms with Crippen LogP contribution in [0.15, 0.2) is 30.3 Å². The van der Waals surface area contributed by atoms with Crippen molar-refractivity contribution >= 4 is 40.6 Å². The van der Waals surface area contributed by atoms with Crippen molar-refractivity contribution in [2.24, 2.45) is 5.92 Å². The number of halogens is 1. The van der Waals surface area contributed by atoms with Gasteiger partial charge in [0.1, 0.15) is 5.75 Å². The van der Waals surface area contributed by atoms with Gasteiger partial charge in [-0.2, -0.15) is 0 Å². The Hall–Kier alpha value is -2.38. The van der Waals surface area contributed by atoms with E-state index < -0.39 is 5.97 Å². The van der Waals surface area contributed by atoms with Gasteiger partial charge >= 0.3 is 5.97 Å². The van der Waals surface area contributed by atoms with Crippen molar-refractivity contribution in [3.8, 4) is 5.75 Å². The van der Waals surface area contributed by atoms with Gasteiger partial charge < -0.3 is 15.2 Å². The van der Waals surface area contributed by atoms with E-state index in [1.54, 1.807) is 30.3 Å². The molecule has 0 unspecified atom stereocenters. The van der Waals surface area contributed by atoms with Crippen LogP contribution >= 0.6 is 22.9 Å². The Bertz CT molecular complexity index is 1010. The second-order valence-electron chi connectivity index (χ2n) is 8.83. The number of hydrogen-bond acceptors (Lipinski definition) is 5. The smallest absolute Gasteiger partial charge is 0.306 e. The molecule has 2 aliphatic carbocycles. The maximum Gasteiger partial charge on any atom is 0.306 e. The number of nitrogens with one attached hydrogen (secondary N) is 1. The van der Waals surface area contributed by atoms with E-state index >= 15 is 0 Å². The number of amides is 1. The molecule has 8 heteroatoms. The summed E-state index contributed by atoms with van der Waals surface area (Å²) in [6.45, 7) is 0.430. The molecule has 1 amide bonds. The molecule has 176 valence electrons. The van der Waals surface area contributed by atoms with Gasteiger partial charge in [0.25, 0.3) is 5.91 Å². The van der Waals surface area contributed by atoms with Crippen LogP contribution in [0, 0.1) is 5.92 Å². The molecule has 2 aromatic rings. The van der Waals surface area contributed by atoms with Gasteiger partial charge in [0.15, 0.2) is 5.78 Å². The highest BCUT2D eigenvalue weighted by molar-refractivity contribution is 7.14. The second kappa shape index (κ2) is 10.7. The largest absolute Gasteiger partial charge is 0.490 e. The molecular formula is C25H28ClNO5S. The van der Waals surface area contributed by atoms with E-state index in [9.17, 15) is 14.4 Å². The van der Waals surface area contributed by atoms with Crippen LogP contribution in [0.25, 0.3) is 0 Å². The van der Waals surface area contributed by atoms with Crippen molar-refractivity contribution in [3.63, 3.8) is 0 Å². The number of carboxylic acids is 1. The van der Waals surface area contributed by atoms with Crippen LogP contribution in [0.2, 0.25) is 5.02 Å². The van der Waals surface area contributed by atoms with Crippen LogP contribution in [0.4, 0.5) is 0 Å². The van der Waals surface area contributed by atoms with Crippen molar-refractivity contribution in [2.45, 2.75) is 63.4 Å². The van der Waals surface area contributed by atoms with Gasteiger partial charge in [-0.05, 0) is 81.2 Å². The summed E-state index contributed by atoms with van der Waals surface area (Å²) in [6, 6.07) is 8.83. The topological polar surface area (TPSA) is 92.7 Å². The molecule has 4 rings (SSSR count). The fraction of sp³-hybridized carbons (Fsp3) is 0.480. The van der Waals surface area contributed by atoms with Crippen molar-refractivity contribution in [1.82, 2.24) is 5.32 Å². The van der Waals surface area contributed by atoms with Crippen molar-refractivity contribution < 1.29 is 24.2 Å². The molecule has 0 radical (unpaired) electrons. The maximum absolute atomic E-state index is 12.5. The van der Waals surface area contributed by atoms with Crippen molar-refractivity contribution in [3.05, 3.63) is 50.7 Å². The highest BCUT2D eigenvalue weighted by Crippen LogP contribution is 2.47. The van der Waals surface area contributed by atoms with Crippen LogP contribution in [-0.4, -0.2) is 35.4 Å². The molecule has 0 saturated heterocycles. The zero-order chi connectivity index (χ0) is 23.4. The first-order valence-corrected chi connectivity index (χ1v) is 12.7. The van der Waals surface area contributed by atoms with Crippen molar-refractivity contribution in [2.75, 3.05) is 6.54 Å². The van der Waals surface area contributed by atoms with E-state index in [1.807, 2.05) is 0 Å². The number of carboxylic acid groups (broad SMARTS) is 1. The Morgan fingerprint density at radius 1 is 1.06 bits per heavy atom. The van der Waals surface area contributed by atoms with E-state index in [0.29, 0.717) is 59.4 Å². The number of Topliss-reactive ketones (excluding diaryl/α,β-unsaturated/α-hetero) is 1. The van der Waals surface area contributed by atoms with Gasteiger partial charge in [0.05, 0.1) is 21.9 Å². The Labute approximate surface area is 202 Å². The van der Waals surface area contributed by atoms with Gasteiger partial charge in [-0.25, -0.2) is 0 Å². The predicted octanol–water partition coefficient (Wildman–Crippen LogP) is 5.69. The molecule has 0 bridgehead atoms. The lowest BCUT2D eigenvalue weighted by Gasteiger charge is -2.26. The lowest BCUT2D eigenvalue weighted by molar-refractivity contribution is -0.143. The summed E-state index contributed by atoms with van der Waals surface area (Å²) in [5, 5.41) is 12.6. The van der Waals surface area contributed by atoms with Crippen LogP contribution in [0.5, 0.6) is 5.75 Å². The molecule has 6 nitrogen and oxygen atoms in total. The number of benzene rings is 1. The highest BCUT2D eigenvalue weighted by atomic mass is 35.5. The summed E-state index contributed by atoms with van der Waals surface area (Å²) >= 11 is 7.70. The fourth-order valence-corrected chi connectivity index (χ4v) is 5.72. The summed E-state index contributed by atoms with van der Waals surface area (Å²) in [6.07, 6.45) is 5.93. The predicted molar refractivity (Wildman–Crippen MR) is 128 cm³/mol. The van der Waals surface area contributed by atoms with Gasteiger partial charge in [0.2, 0.25) is 0 Å². The number of carbonyl (C=O) groups excluding carboxylic acids is 2. The number of carbonyl (C=O) groups is 3. The number of thiophene rings is 1. The average Bonchev–Trinajstić information content (AvgIpc) is 3.58. The summed E-state index contributed by atoms with van der Waals surface area (Å²) in [7, 11) is 0. The quantitative estimate of drug-likeness (QED) is 0.330. The van der Waals surface area contributed by atoms with E-state index in [0.717, 1.165) is 30.6 Å². The van der Waals surface area contributed by atoms with Crippen LogP contribution in [0.3, 0.4) is 0 Å². The molecule has 0 aliphatic heterocycles. The molecule has 2 saturated carbocycles. The number of hydrogen-bond donors (Lipinski definition) is 2. The molecule has 1 heterocycles. The first kappa shape index (κ1) is 23.8. The molecule has 33 heavy (non-hydrogen) atoms. The molecule has 2 aliphatic rings. The third kappa shape index (κ3) is 6.36. The fourth-order valence-electron chi connectivity index (χ4n) is 4.14. The Morgan fingerprint density at radius 2 is 1.76 bits per heavy atom. The average molecular weight is 490 g/mol. The SMILES string of the molecule is O=C(CCCNC(=O)c1cc(Cl)c(C2CC2)s1)c1ccc(OC2CCC(C(=O)O)CC2)cc1. The van der Waals surface area contributed by atoms with Crippen LogP contribution in [-0.2, 0) is 4.79 Å². The van der Waals surface area contributed by atoms with Gasteiger partial charge in [-0.15, -0.1) is 11.3 Å². The molecule has 0 atom stereocenters. The summed E-state index contributed by atoms with van der Waals surface area (Å²) in [5.74, 6) is 0.101. The number of ketones is 1. The Morgan fingerprint density at radius 3 is 2.39 bits per heavy atom. The van der Waals surface area contributed by atoms with E-state index in [4.69, 9.17) is 21.4 Å². The molecule has 0 spiro atoms. The summed E-state index contributed by atoms with van der Waals surface area (Å²) in [5.41, 5.74) is 0.613.